The van der Waals surface area contributed by atoms with Crippen LogP contribution in [-0.4, -0.2) is 46.8 Å². The molecule has 0 aliphatic carbocycles. The van der Waals surface area contributed by atoms with Gasteiger partial charge >= 0.3 is 5.97 Å². The molecule has 0 bridgehead atoms. The maximum atomic E-state index is 13.4. The second-order valence-corrected chi connectivity index (χ2v) is 9.39. The Morgan fingerprint density at radius 3 is 2.25 bits per heavy atom. The summed E-state index contributed by atoms with van der Waals surface area (Å²) in [6.45, 7) is 1.01. The van der Waals surface area contributed by atoms with E-state index in [1.807, 2.05) is 6.92 Å². The van der Waals surface area contributed by atoms with E-state index in [9.17, 15) is 22.4 Å². The molecule has 188 valence electrons. The van der Waals surface area contributed by atoms with Crippen molar-refractivity contribution in [3.8, 4) is 5.75 Å². The van der Waals surface area contributed by atoms with Crippen LogP contribution >= 0.6 is 0 Å². The van der Waals surface area contributed by atoms with Crippen molar-refractivity contribution in [2.75, 3.05) is 24.6 Å². The molecule has 3 aromatic rings. The maximum Gasteiger partial charge on any atom is 0.343 e. The number of benzene rings is 3. The molecular formula is C25H24FN3O6S. The Balaban J connectivity index is 1.70. The maximum absolute atomic E-state index is 13.4. The van der Waals surface area contributed by atoms with Gasteiger partial charge in [-0.2, -0.15) is 5.10 Å². The van der Waals surface area contributed by atoms with E-state index in [4.69, 9.17) is 4.74 Å². The number of amides is 1. The van der Waals surface area contributed by atoms with Gasteiger partial charge in [0.25, 0.3) is 15.9 Å². The Morgan fingerprint density at radius 2 is 1.64 bits per heavy atom. The van der Waals surface area contributed by atoms with Gasteiger partial charge in [0.15, 0.2) is 6.61 Å². The Hall–Kier alpha value is -4.25. The number of hydrogen-bond donors (Lipinski definition) is 1. The number of nitrogens with zero attached hydrogens (tertiary/aromatic N) is 2. The number of anilines is 1. The summed E-state index contributed by atoms with van der Waals surface area (Å²) in [6, 6.07) is 17.5. The average Bonchev–Trinajstić information content (AvgIpc) is 2.87. The highest BCUT2D eigenvalue weighted by atomic mass is 32.2. The molecule has 3 rings (SSSR count). The number of rotatable bonds is 10. The number of hydrogen-bond acceptors (Lipinski definition) is 7. The summed E-state index contributed by atoms with van der Waals surface area (Å²) in [5, 5.41) is 3.86. The third-order valence-electron chi connectivity index (χ3n) is 4.88. The van der Waals surface area contributed by atoms with E-state index in [1.165, 1.54) is 37.6 Å². The van der Waals surface area contributed by atoms with E-state index >= 15 is 0 Å². The molecular weight excluding hydrogens is 489 g/mol. The molecule has 0 saturated heterocycles. The number of carbonyl (C=O) groups excluding carboxylic acids is 2. The second kappa shape index (κ2) is 11.9. The van der Waals surface area contributed by atoms with Crippen LogP contribution in [-0.2, 0) is 24.3 Å². The van der Waals surface area contributed by atoms with Gasteiger partial charge in [0.2, 0.25) is 0 Å². The van der Waals surface area contributed by atoms with Crippen molar-refractivity contribution in [2.45, 2.75) is 11.8 Å². The number of methoxy groups -OCH3 is 1. The second-order valence-electron chi connectivity index (χ2n) is 7.53. The van der Waals surface area contributed by atoms with Crippen LogP contribution in [0.3, 0.4) is 0 Å². The minimum Gasteiger partial charge on any atom is -0.482 e. The predicted molar refractivity (Wildman–Crippen MR) is 132 cm³/mol. The van der Waals surface area contributed by atoms with E-state index in [0.29, 0.717) is 11.3 Å². The zero-order valence-electron chi connectivity index (χ0n) is 19.5. The van der Waals surface area contributed by atoms with Crippen LogP contribution in [0.1, 0.15) is 11.1 Å². The zero-order valence-corrected chi connectivity index (χ0v) is 20.4. The van der Waals surface area contributed by atoms with Gasteiger partial charge in [0, 0.05) is 0 Å². The molecule has 1 N–H and O–H groups in total. The number of carbonyl (C=O) groups is 2. The molecule has 0 radical (unpaired) electrons. The van der Waals surface area contributed by atoms with Crippen molar-refractivity contribution in [2.24, 2.45) is 5.10 Å². The van der Waals surface area contributed by atoms with Crippen molar-refractivity contribution in [1.29, 1.82) is 0 Å². The molecule has 0 aliphatic heterocycles. The molecule has 0 spiro atoms. The molecule has 0 saturated carbocycles. The molecule has 0 atom stereocenters. The van der Waals surface area contributed by atoms with E-state index in [-0.39, 0.29) is 17.2 Å². The minimum atomic E-state index is -4.12. The number of halogens is 1. The van der Waals surface area contributed by atoms with Crippen molar-refractivity contribution >= 4 is 33.8 Å². The number of ether oxygens (including phenoxy) is 2. The standard InChI is InChI=1S/C25H24FN3O6S/c1-18-3-13-23(14-4-18)36(32,33)29(21-9-7-20(26)8-10-21)16-24(30)28-27-15-19-5-11-22(12-6-19)35-17-25(31)34-2/h3-15H,16-17H2,1-2H3,(H,28,30)/b27-15-. The lowest BCUT2D eigenvalue weighted by Crippen LogP contribution is -2.39. The van der Waals surface area contributed by atoms with Crippen LogP contribution in [0.15, 0.2) is 82.8 Å². The third kappa shape index (κ3) is 7.12. The first-order valence-electron chi connectivity index (χ1n) is 10.7. The van der Waals surface area contributed by atoms with Gasteiger partial charge in [0.05, 0.1) is 23.9 Å². The normalized spacial score (nSPS) is 11.2. The van der Waals surface area contributed by atoms with Crippen LogP contribution in [0.25, 0.3) is 0 Å². The van der Waals surface area contributed by atoms with E-state index in [2.05, 4.69) is 15.3 Å². The molecule has 11 heteroatoms. The molecule has 0 aliphatic rings. The van der Waals surface area contributed by atoms with Gasteiger partial charge in [-0.25, -0.2) is 23.0 Å². The third-order valence-corrected chi connectivity index (χ3v) is 6.67. The highest BCUT2D eigenvalue weighted by molar-refractivity contribution is 7.92. The minimum absolute atomic E-state index is 0.0109. The van der Waals surface area contributed by atoms with Crippen LogP contribution in [0, 0.1) is 12.7 Å². The number of aryl methyl sites for hydroxylation is 1. The molecule has 1 amide bonds. The SMILES string of the molecule is COC(=O)COc1ccc(/C=N\NC(=O)CN(c2ccc(F)cc2)S(=O)(=O)c2ccc(C)cc2)cc1. The molecule has 0 aromatic heterocycles. The average molecular weight is 514 g/mol. The quantitative estimate of drug-likeness (QED) is 0.253. The number of esters is 1. The Kier molecular flexibility index (Phi) is 8.74. The summed E-state index contributed by atoms with van der Waals surface area (Å²) in [7, 11) is -2.86. The van der Waals surface area contributed by atoms with E-state index in [0.717, 1.165) is 22.0 Å². The van der Waals surface area contributed by atoms with Gasteiger partial charge < -0.3 is 9.47 Å². The lowest BCUT2D eigenvalue weighted by Gasteiger charge is -2.23. The monoisotopic (exact) mass is 513 g/mol. The Labute approximate surface area is 208 Å². The number of sulfonamides is 1. The predicted octanol–water partition coefficient (Wildman–Crippen LogP) is 3.03. The smallest absolute Gasteiger partial charge is 0.343 e. The van der Waals surface area contributed by atoms with Crippen LogP contribution in [0.2, 0.25) is 0 Å². The Bertz CT molecular complexity index is 1330. The largest absolute Gasteiger partial charge is 0.482 e. The summed E-state index contributed by atoms with van der Waals surface area (Å²) < 4.78 is 50.6. The van der Waals surface area contributed by atoms with Crippen molar-refractivity contribution in [1.82, 2.24) is 5.43 Å². The van der Waals surface area contributed by atoms with E-state index < -0.39 is 34.3 Å². The highest BCUT2D eigenvalue weighted by Gasteiger charge is 2.27. The van der Waals surface area contributed by atoms with Gasteiger partial charge in [-0.1, -0.05) is 17.7 Å². The first-order valence-corrected chi connectivity index (χ1v) is 12.1. The lowest BCUT2D eigenvalue weighted by atomic mass is 10.2. The Morgan fingerprint density at radius 1 is 1.00 bits per heavy atom. The molecule has 0 heterocycles. The summed E-state index contributed by atoms with van der Waals surface area (Å²) >= 11 is 0. The number of hydrazone groups is 1. The van der Waals surface area contributed by atoms with Crippen LogP contribution in [0.4, 0.5) is 10.1 Å². The topological polar surface area (TPSA) is 114 Å². The fourth-order valence-corrected chi connectivity index (χ4v) is 4.38. The lowest BCUT2D eigenvalue weighted by molar-refractivity contribution is -0.142. The number of nitrogens with one attached hydrogen (secondary N) is 1. The van der Waals surface area contributed by atoms with Crippen LogP contribution < -0.4 is 14.5 Å². The summed E-state index contributed by atoms with van der Waals surface area (Å²) in [4.78, 5) is 23.7. The molecule has 0 fully saturated rings. The zero-order chi connectivity index (χ0) is 26.1. The fraction of sp³-hybridized carbons (Fsp3) is 0.160. The summed E-state index contributed by atoms with van der Waals surface area (Å²) in [5.41, 5.74) is 3.91. The van der Waals surface area contributed by atoms with Crippen molar-refractivity contribution < 1.29 is 31.9 Å². The van der Waals surface area contributed by atoms with Crippen LogP contribution in [0.5, 0.6) is 5.75 Å². The van der Waals surface area contributed by atoms with E-state index in [1.54, 1.807) is 36.4 Å². The van der Waals surface area contributed by atoms with Gasteiger partial charge in [-0.05, 0) is 73.2 Å². The highest BCUT2D eigenvalue weighted by Crippen LogP contribution is 2.24. The molecule has 3 aromatic carbocycles. The summed E-state index contributed by atoms with van der Waals surface area (Å²) in [5.74, 6) is -1.31. The van der Waals surface area contributed by atoms with Gasteiger partial charge in [0.1, 0.15) is 18.1 Å². The molecule has 0 unspecified atom stereocenters. The summed E-state index contributed by atoms with van der Waals surface area (Å²) in [6.07, 6.45) is 1.36. The first-order chi connectivity index (χ1) is 17.2. The first kappa shape index (κ1) is 26.4. The fourth-order valence-electron chi connectivity index (χ4n) is 2.96. The van der Waals surface area contributed by atoms with Crippen molar-refractivity contribution in [3.05, 3.63) is 89.7 Å². The van der Waals surface area contributed by atoms with Gasteiger partial charge in [-0.3, -0.25) is 9.10 Å². The molecule has 9 nitrogen and oxygen atoms in total. The van der Waals surface area contributed by atoms with Crippen molar-refractivity contribution in [3.63, 3.8) is 0 Å². The van der Waals surface area contributed by atoms with Gasteiger partial charge in [-0.15, -0.1) is 0 Å². The molecule has 36 heavy (non-hydrogen) atoms.